The summed E-state index contributed by atoms with van der Waals surface area (Å²) >= 11 is 0. The molecule has 1 fully saturated rings. The van der Waals surface area contributed by atoms with Gasteiger partial charge in [-0.05, 0) is 23.1 Å². The van der Waals surface area contributed by atoms with Crippen LogP contribution in [0.15, 0.2) is 36.7 Å². The molecule has 1 saturated heterocycles. The summed E-state index contributed by atoms with van der Waals surface area (Å²) in [6.07, 6.45) is 3.07. The number of morpholine rings is 1. The highest BCUT2D eigenvalue weighted by atomic mass is 16.5. The van der Waals surface area contributed by atoms with Crippen LogP contribution in [0.1, 0.15) is 36.8 Å². The lowest BCUT2D eigenvalue weighted by molar-refractivity contribution is 0.0383. The number of nitrogens with zero attached hydrogens (tertiary/aromatic N) is 3. The first kappa shape index (κ1) is 20.2. The molecule has 2 heterocycles. The molecule has 0 unspecified atom stereocenters. The van der Waals surface area contributed by atoms with Crippen molar-refractivity contribution in [1.29, 1.82) is 0 Å². The number of aromatic nitrogens is 2. The van der Waals surface area contributed by atoms with Crippen LogP contribution in [0, 0.1) is 0 Å². The fraction of sp³-hybridized carbons (Fsp3) is 0.476. The maximum atomic E-state index is 12.2. The van der Waals surface area contributed by atoms with E-state index in [9.17, 15) is 4.79 Å². The van der Waals surface area contributed by atoms with Crippen LogP contribution < -0.4 is 10.6 Å². The molecule has 0 bridgehead atoms. The van der Waals surface area contributed by atoms with Crippen molar-refractivity contribution < 1.29 is 9.53 Å². The smallest absolute Gasteiger partial charge is 0.271 e. The van der Waals surface area contributed by atoms with E-state index in [-0.39, 0.29) is 11.3 Å². The molecule has 28 heavy (non-hydrogen) atoms. The van der Waals surface area contributed by atoms with Gasteiger partial charge < -0.3 is 15.4 Å². The maximum absolute atomic E-state index is 12.2. The summed E-state index contributed by atoms with van der Waals surface area (Å²) in [5.74, 6) is 0.398. The zero-order valence-electron chi connectivity index (χ0n) is 16.9. The van der Waals surface area contributed by atoms with Crippen LogP contribution in [0.5, 0.6) is 0 Å². The van der Waals surface area contributed by atoms with E-state index in [1.165, 1.54) is 11.8 Å². The molecule has 0 saturated carbocycles. The molecular weight excluding hydrogens is 354 g/mol. The van der Waals surface area contributed by atoms with E-state index in [4.69, 9.17) is 4.74 Å². The Kier molecular flexibility index (Phi) is 6.59. The molecule has 7 nitrogen and oxygen atoms in total. The van der Waals surface area contributed by atoms with Gasteiger partial charge in [-0.1, -0.05) is 32.9 Å². The zero-order valence-corrected chi connectivity index (χ0v) is 16.9. The molecule has 2 N–H and O–H groups in total. The highest BCUT2D eigenvalue weighted by molar-refractivity contribution is 5.92. The largest absolute Gasteiger partial charge is 0.379 e. The van der Waals surface area contributed by atoms with Crippen molar-refractivity contribution in [3.8, 4) is 0 Å². The molecule has 7 heteroatoms. The Morgan fingerprint density at radius 3 is 2.43 bits per heavy atom. The first-order chi connectivity index (χ1) is 13.4. The Labute approximate surface area is 166 Å². The van der Waals surface area contributed by atoms with E-state index in [1.807, 2.05) is 12.1 Å². The van der Waals surface area contributed by atoms with Crippen LogP contribution in [-0.2, 0) is 10.2 Å². The van der Waals surface area contributed by atoms with Gasteiger partial charge in [-0.25, -0.2) is 9.97 Å². The molecule has 0 spiro atoms. The van der Waals surface area contributed by atoms with Crippen LogP contribution in [0.25, 0.3) is 0 Å². The molecule has 0 atom stereocenters. The van der Waals surface area contributed by atoms with Crippen molar-refractivity contribution in [2.24, 2.45) is 0 Å². The van der Waals surface area contributed by atoms with Gasteiger partial charge in [-0.15, -0.1) is 0 Å². The highest BCUT2D eigenvalue weighted by Crippen LogP contribution is 2.24. The third-order valence-corrected chi connectivity index (χ3v) is 4.73. The topological polar surface area (TPSA) is 79.4 Å². The Bertz CT molecular complexity index is 763. The molecule has 1 aliphatic heterocycles. The van der Waals surface area contributed by atoms with E-state index in [0.29, 0.717) is 18.1 Å². The van der Waals surface area contributed by atoms with Gasteiger partial charge in [-0.2, -0.15) is 0 Å². The summed E-state index contributed by atoms with van der Waals surface area (Å²) in [7, 11) is 0. The van der Waals surface area contributed by atoms with Crippen molar-refractivity contribution >= 4 is 17.4 Å². The summed E-state index contributed by atoms with van der Waals surface area (Å²) in [5, 5.41) is 6.10. The monoisotopic (exact) mass is 383 g/mol. The van der Waals surface area contributed by atoms with Gasteiger partial charge in [0, 0.05) is 31.9 Å². The van der Waals surface area contributed by atoms with Gasteiger partial charge in [0.05, 0.1) is 25.6 Å². The first-order valence-electron chi connectivity index (χ1n) is 9.70. The van der Waals surface area contributed by atoms with Crippen LogP contribution >= 0.6 is 0 Å². The van der Waals surface area contributed by atoms with Gasteiger partial charge in [-0.3, -0.25) is 9.69 Å². The molecule has 1 amide bonds. The fourth-order valence-corrected chi connectivity index (χ4v) is 2.95. The van der Waals surface area contributed by atoms with E-state index in [1.54, 1.807) is 6.20 Å². The molecule has 2 aromatic rings. The minimum atomic E-state index is -0.207. The number of carbonyl (C=O) groups is 1. The number of hydrogen-bond acceptors (Lipinski definition) is 6. The van der Waals surface area contributed by atoms with Crippen molar-refractivity contribution in [2.75, 3.05) is 44.7 Å². The quantitative estimate of drug-likeness (QED) is 0.798. The summed E-state index contributed by atoms with van der Waals surface area (Å²) in [4.78, 5) is 23.0. The Balaban J connectivity index is 1.49. The van der Waals surface area contributed by atoms with Crippen molar-refractivity contribution in [1.82, 2.24) is 20.2 Å². The van der Waals surface area contributed by atoms with Crippen LogP contribution in [0.2, 0.25) is 0 Å². The summed E-state index contributed by atoms with van der Waals surface area (Å²) in [6, 6.07) is 8.25. The minimum Gasteiger partial charge on any atom is -0.379 e. The third kappa shape index (κ3) is 5.74. The molecule has 0 radical (unpaired) electrons. The normalized spacial score (nSPS) is 15.2. The number of carbonyl (C=O) groups excluding carboxylic acids is 1. The van der Waals surface area contributed by atoms with E-state index in [0.717, 1.165) is 38.5 Å². The van der Waals surface area contributed by atoms with Crippen molar-refractivity contribution in [3.05, 3.63) is 47.9 Å². The van der Waals surface area contributed by atoms with Crippen molar-refractivity contribution in [2.45, 2.75) is 26.2 Å². The maximum Gasteiger partial charge on any atom is 0.271 e. The lowest BCUT2D eigenvalue weighted by Crippen LogP contribution is -2.41. The number of nitrogens with one attached hydrogen (secondary N) is 2. The number of rotatable bonds is 6. The summed E-state index contributed by atoms with van der Waals surface area (Å²) < 4.78 is 5.32. The first-order valence-corrected chi connectivity index (χ1v) is 9.70. The molecule has 3 rings (SSSR count). The van der Waals surface area contributed by atoms with E-state index in [2.05, 4.69) is 58.4 Å². The van der Waals surface area contributed by atoms with Crippen LogP contribution in [0.4, 0.5) is 11.5 Å². The molecule has 1 aromatic heterocycles. The van der Waals surface area contributed by atoms with Gasteiger partial charge in [0.25, 0.3) is 5.91 Å². The average Bonchev–Trinajstić information content (AvgIpc) is 2.69. The van der Waals surface area contributed by atoms with E-state index < -0.39 is 0 Å². The predicted octanol–water partition coefficient (Wildman–Crippen LogP) is 2.58. The zero-order chi connectivity index (χ0) is 20.0. The van der Waals surface area contributed by atoms with Gasteiger partial charge in [0.1, 0.15) is 11.5 Å². The lowest BCUT2D eigenvalue weighted by atomic mass is 9.87. The molecule has 1 aliphatic rings. The second kappa shape index (κ2) is 9.12. The number of ether oxygens (including phenoxy) is 1. The van der Waals surface area contributed by atoms with Gasteiger partial charge >= 0.3 is 0 Å². The molecular formula is C21H29N5O2. The minimum absolute atomic E-state index is 0.120. The Morgan fingerprint density at radius 2 is 1.82 bits per heavy atom. The number of benzene rings is 1. The van der Waals surface area contributed by atoms with Gasteiger partial charge in [0.15, 0.2) is 0 Å². The van der Waals surface area contributed by atoms with Crippen molar-refractivity contribution in [3.63, 3.8) is 0 Å². The second-order valence-electron chi connectivity index (χ2n) is 7.95. The summed E-state index contributed by atoms with van der Waals surface area (Å²) in [5.41, 5.74) is 2.64. The average molecular weight is 383 g/mol. The molecule has 1 aromatic carbocycles. The fourth-order valence-electron chi connectivity index (χ4n) is 2.95. The number of hydrogen-bond donors (Lipinski definition) is 2. The van der Waals surface area contributed by atoms with Crippen LogP contribution in [0.3, 0.4) is 0 Å². The number of amides is 1. The second-order valence-corrected chi connectivity index (χ2v) is 7.95. The highest BCUT2D eigenvalue weighted by Gasteiger charge is 2.14. The Morgan fingerprint density at radius 1 is 1.11 bits per heavy atom. The molecule has 0 aliphatic carbocycles. The third-order valence-electron chi connectivity index (χ3n) is 4.73. The Hall–Kier alpha value is -2.51. The van der Waals surface area contributed by atoms with E-state index >= 15 is 0 Å². The standard InChI is InChI=1S/C21H29N5O2/c1-21(2,3)16-4-6-17(7-5-16)25-19-15-23-18(14-24-19)20(27)22-8-9-26-10-12-28-13-11-26/h4-7,14-15H,8-13H2,1-3H3,(H,22,27)(H,24,25). The summed E-state index contributed by atoms with van der Waals surface area (Å²) in [6.45, 7) is 11.3. The van der Waals surface area contributed by atoms with Gasteiger partial charge in [0.2, 0.25) is 0 Å². The predicted molar refractivity (Wildman–Crippen MR) is 110 cm³/mol. The lowest BCUT2D eigenvalue weighted by Gasteiger charge is -2.26. The SMILES string of the molecule is CC(C)(C)c1ccc(Nc2cnc(C(=O)NCCN3CCOCC3)cn2)cc1. The number of anilines is 2. The van der Waals surface area contributed by atoms with Crippen LogP contribution in [-0.4, -0.2) is 60.2 Å². The molecule has 150 valence electrons.